The molecule has 0 saturated carbocycles. The quantitative estimate of drug-likeness (QED) is 0.425. The van der Waals surface area contributed by atoms with Crippen molar-refractivity contribution in [2.45, 2.75) is 12.8 Å². The van der Waals surface area contributed by atoms with E-state index in [1.165, 1.54) is 0 Å². The molecular formula is C12H17ClIN5O. The second kappa shape index (κ2) is 8.85. The van der Waals surface area contributed by atoms with E-state index in [0.29, 0.717) is 16.7 Å². The van der Waals surface area contributed by atoms with Gasteiger partial charge < -0.3 is 10.6 Å². The van der Waals surface area contributed by atoms with Crippen LogP contribution in [0, 0.1) is 0 Å². The van der Waals surface area contributed by atoms with Crippen LogP contribution in [-0.4, -0.2) is 25.1 Å². The van der Waals surface area contributed by atoms with Gasteiger partial charge in [-0.15, -0.1) is 24.0 Å². The van der Waals surface area contributed by atoms with Crippen LogP contribution in [0.1, 0.15) is 12.8 Å². The smallest absolute Gasteiger partial charge is 0.337 e. The Labute approximate surface area is 139 Å². The predicted molar refractivity (Wildman–Crippen MR) is 91.7 cm³/mol. The number of hydrogen-bond acceptors (Lipinski definition) is 4. The SMILES string of the molecule is I.O=C(NNC1=NCCCCN1)Nc1ccc(Cl)cc1. The van der Waals surface area contributed by atoms with Crippen molar-refractivity contribution in [1.29, 1.82) is 0 Å². The van der Waals surface area contributed by atoms with Gasteiger partial charge in [-0.2, -0.15) is 0 Å². The fourth-order valence-electron chi connectivity index (χ4n) is 1.59. The highest BCUT2D eigenvalue weighted by atomic mass is 127. The summed E-state index contributed by atoms with van der Waals surface area (Å²) in [5, 5.41) is 6.38. The molecule has 4 N–H and O–H groups in total. The van der Waals surface area contributed by atoms with Gasteiger partial charge in [0.2, 0.25) is 5.96 Å². The molecule has 8 heteroatoms. The van der Waals surface area contributed by atoms with Crippen molar-refractivity contribution in [1.82, 2.24) is 16.2 Å². The zero-order valence-corrected chi connectivity index (χ0v) is 13.9. The zero-order chi connectivity index (χ0) is 13.5. The van der Waals surface area contributed by atoms with Gasteiger partial charge in [0.05, 0.1) is 0 Å². The van der Waals surface area contributed by atoms with Crippen LogP contribution in [-0.2, 0) is 0 Å². The highest BCUT2D eigenvalue weighted by Gasteiger charge is 2.05. The standard InChI is InChI=1S/C12H16ClN5O.HI/c13-9-3-5-10(6-4-9)16-12(19)18-17-11-14-7-1-2-8-15-11;/h3-6H,1-2,7-8H2,(H2,14,15,17)(H2,16,18,19);1H. The summed E-state index contributed by atoms with van der Waals surface area (Å²) in [6.45, 7) is 1.61. The molecule has 0 radical (unpaired) electrons. The first-order chi connectivity index (χ1) is 9.24. The molecule has 1 aromatic carbocycles. The molecule has 1 aliphatic heterocycles. The number of halogens is 2. The van der Waals surface area contributed by atoms with E-state index in [9.17, 15) is 4.79 Å². The number of hydrogen-bond donors (Lipinski definition) is 4. The molecule has 0 fully saturated rings. The van der Waals surface area contributed by atoms with E-state index in [1.54, 1.807) is 24.3 Å². The molecule has 0 aliphatic carbocycles. The molecule has 1 aromatic rings. The van der Waals surface area contributed by atoms with Crippen LogP contribution >= 0.6 is 35.6 Å². The molecule has 1 heterocycles. The number of carbonyl (C=O) groups excluding carboxylic acids is 1. The second-order valence-electron chi connectivity index (χ2n) is 4.08. The van der Waals surface area contributed by atoms with Crippen LogP contribution in [0.15, 0.2) is 29.3 Å². The largest absolute Gasteiger partial charge is 0.355 e. The summed E-state index contributed by atoms with van der Waals surface area (Å²) in [4.78, 5) is 15.9. The number of benzene rings is 1. The van der Waals surface area contributed by atoms with Gasteiger partial charge >= 0.3 is 6.03 Å². The first kappa shape index (κ1) is 16.8. The maximum absolute atomic E-state index is 11.6. The summed E-state index contributed by atoms with van der Waals surface area (Å²) in [7, 11) is 0. The van der Waals surface area contributed by atoms with Crippen molar-refractivity contribution in [3.05, 3.63) is 29.3 Å². The minimum Gasteiger partial charge on any atom is -0.355 e. The topological polar surface area (TPSA) is 77.5 Å². The fraction of sp³-hybridized carbons (Fsp3) is 0.333. The van der Waals surface area contributed by atoms with Crippen LogP contribution in [0.25, 0.3) is 0 Å². The lowest BCUT2D eigenvalue weighted by Crippen LogP contribution is -2.49. The van der Waals surface area contributed by atoms with E-state index in [1.807, 2.05) is 0 Å². The fourth-order valence-corrected chi connectivity index (χ4v) is 1.71. The molecule has 2 amide bonds. The molecular weight excluding hydrogens is 393 g/mol. The third kappa shape index (κ3) is 5.83. The highest BCUT2D eigenvalue weighted by Crippen LogP contribution is 2.12. The molecule has 2 rings (SSSR count). The molecule has 1 aliphatic rings. The summed E-state index contributed by atoms with van der Waals surface area (Å²) in [6.07, 6.45) is 2.13. The first-order valence-corrected chi connectivity index (χ1v) is 6.49. The molecule has 0 unspecified atom stereocenters. The maximum atomic E-state index is 11.6. The van der Waals surface area contributed by atoms with Gasteiger partial charge in [-0.3, -0.25) is 10.4 Å². The summed E-state index contributed by atoms with van der Waals surface area (Å²) >= 11 is 5.76. The van der Waals surface area contributed by atoms with Crippen molar-refractivity contribution in [3.8, 4) is 0 Å². The number of amides is 2. The molecule has 0 spiro atoms. The number of guanidine groups is 1. The van der Waals surface area contributed by atoms with Gasteiger partial charge in [-0.1, -0.05) is 11.6 Å². The van der Waals surface area contributed by atoms with E-state index in [0.717, 1.165) is 25.9 Å². The lowest BCUT2D eigenvalue weighted by atomic mass is 10.3. The first-order valence-electron chi connectivity index (χ1n) is 6.11. The third-order valence-electron chi connectivity index (χ3n) is 2.54. The Morgan fingerprint density at radius 1 is 1.25 bits per heavy atom. The second-order valence-corrected chi connectivity index (χ2v) is 4.51. The van der Waals surface area contributed by atoms with Crippen LogP contribution < -0.4 is 21.5 Å². The molecule has 0 atom stereocenters. The van der Waals surface area contributed by atoms with Gasteiger partial charge in [0, 0.05) is 23.8 Å². The maximum Gasteiger partial charge on any atom is 0.337 e. The number of carbonyl (C=O) groups is 1. The van der Waals surface area contributed by atoms with Crippen LogP contribution in [0.5, 0.6) is 0 Å². The highest BCUT2D eigenvalue weighted by molar-refractivity contribution is 14.0. The number of hydrazine groups is 1. The van der Waals surface area contributed by atoms with Crippen LogP contribution in [0.3, 0.4) is 0 Å². The molecule has 0 bridgehead atoms. The van der Waals surface area contributed by atoms with Gasteiger partial charge in [-0.05, 0) is 37.1 Å². The minimum absolute atomic E-state index is 0. The van der Waals surface area contributed by atoms with Gasteiger partial charge in [-0.25, -0.2) is 10.2 Å². The van der Waals surface area contributed by atoms with E-state index < -0.39 is 0 Å². The zero-order valence-electron chi connectivity index (χ0n) is 10.8. The third-order valence-corrected chi connectivity index (χ3v) is 2.80. The normalized spacial score (nSPS) is 13.9. The minimum atomic E-state index is -0.365. The summed E-state index contributed by atoms with van der Waals surface area (Å²) in [5.41, 5.74) is 5.93. The van der Waals surface area contributed by atoms with Crippen molar-refractivity contribution in [2.75, 3.05) is 18.4 Å². The van der Waals surface area contributed by atoms with Gasteiger partial charge in [0.15, 0.2) is 0 Å². The molecule has 110 valence electrons. The molecule has 20 heavy (non-hydrogen) atoms. The van der Waals surface area contributed by atoms with Crippen molar-refractivity contribution >= 4 is 53.3 Å². The number of nitrogens with zero attached hydrogens (tertiary/aromatic N) is 1. The Morgan fingerprint density at radius 2 is 2.00 bits per heavy atom. The van der Waals surface area contributed by atoms with E-state index in [2.05, 4.69) is 26.5 Å². The van der Waals surface area contributed by atoms with Crippen molar-refractivity contribution in [3.63, 3.8) is 0 Å². The van der Waals surface area contributed by atoms with Gasteiger partial charge in [0.25, 0.3) is 0 Å². The monoisotopic (exact) mass is 409 g/mol. The van der Waals surface area contributed by atoms with Crippen LogP contribution in [0.2, 0.25) is 5.02 Å². The molecule has 0 aromatic heterocycles. The van der Waals surface area contributed by atoms with E-state index >= 15 is 0 Å². The number of rotatable bonds is 1. The van der Waals surface area contributed by atoms with Gasteiger partial charge in [0.1, 0.15) is 0 Å². The summed E-state index contributed by atoms with van der Waals surface area (Å²) in [5.74, 6) is 0.587. The average molecular weight is 410 g/mol. The Balaban J connectivity index is 0.00000200. The molecule has 0 saturated heterocycles. The number of aliphatic imine (C=N–C) groups is 1. The van der Waals surface area contributed by atoms with E-state index in [4.69, 9.17) is 11.6 Å². The number of anilines is 1. The number of nitrogens with one attached hydrogen (secondary N) is 4. The van der Waals surface area contributed by atoms with E-state index in [-0.39, 0.29) is 30.0 Å². The van der Waals surface area contributed by atoms with Crippen LogP contribution in [0.4, 0.5) is 10.5 Å². The Bertz CT molecular complexity index is 465. The lowest BCUT2D eigenvalue weighted by Gasteiger charge is -2.12. The van der Waals surface area contributed by atoms with Crippen molar-refractivity contribution < 1.29 is 4.79 Å². The van der Waals surface area contributed by atoms with Crippen molar-refractivity contribution in [2.24, 2.45) is 4.99 Å². The molecule has 6 nitrogen and oxygen atoms in total. The Kier molecular flexibility index (Phi) is 7.45. The lowest BCUT2D eigenvalue weighted by molar-refractivity contribution is 0.250. The number of urea groups is 1. The Hall–Kier alpha value is -1.22. The average Bonchev–Trinajstić information content (AvgIpc) is 2.68. The Morgan fingerprint density at radius 3 is 2.75 bits per heavy atom. The predicted octanol–water partition coefficient (Wildman–Crippen LogP) is 2.32. The summed E-state index contributed by atoms with van der Waals surface area (Å²) < 4.78 is 0. The summed E-state index contributed by atoms with van der Waals surface area (Å²) in [6, 6.07) is 6.51.